The van der Waals surface area contributed by atoms with Crippen LogP contribution >= 0.6 is 24.0 Å². The number of nitrogens with zero attached hydrogens (tertiary/aromatic N) is 2. The van der Waals surface area contributed by atoms with Crippen LogP contribution in [0.1, 0.15) is 11.3 Å². The average molecular weight is 361 g/mol. The van der Waals surface area contributed by atoms with Gasteiger partial charge in [0.25, 0.3) is 11.6 Å². The molecule has 1 amide bonds. The topological polar surface area (TPSA) is 99.6 Å². The van der Waals surface area contributed by atoms with Gasteiger partial charge in [-0.05, 0) is 23.8 Å². The Labute approximate surface area is 145 Å². The second kappa shape index (κ2) is 6.46. The van der Waals surface area contributed by atoms with Crippen LogP contribution in [0.25, 0.3) is 6.08 Å². The number of carbonyl (C=O) groups is 1. The normalized spacial score (nSPS) is 16.2. The number of thiocarbonyl (C=S) groups is 1. The summed E-state index contributed by atoms with van der Waals surface area (Å²) in [5, 5.41) is 22.7. The minimum absolute atomic E-state index is 0.0719. The first-order valence-electron chi connectivity index (χ1n) is 6.69. The van der Waals surface area contributed by atoms with E-state index in [0.717, 1.165) is 30.0 Å². The highest BCUT2D eigenvalue weighted by atomic mass is 32.2. The van der Waals surface area contributed by atoms with Gasteiger partial charge in [0.2, 0.25) is 0 Å². The highest BCUT2D eigenvalue weighted by molar-refractivity contribution is 8.26. The summed E-state index contributed by atoms with van der Waals surface area (Å²) in [6.07, 6.45) is 2.83. The van der Waals surface area contributed by atoms with E-state index >= 15 is 0 Å². The van der Waals surface area contributed by atoms with Gasteiger partial charge in [-0.2, -0.15) is 0 Å². The molecule has 1 aliphatic heterocycles. The smallest absolute Gasteiger partial charge is 0.269 e. The van der Waals surface area contributed by atoms with Crippen LogP contribution in [0.2, 0.25) is 0 Å². The van der Waals surface area contributed by atoms with E-state index < -0.39 is 10.7 Å². The largest absolute Gasteiger partial charge is 0.872 e. The third-order valence-corrected chi connectivity index (χ3v) is 4.64. The minimum atomic E-state index is -0.598. The number of benzene rings is 1. The second-order valence-corrected chi connectivity index (χ2v) is 6.50. The van der Waals surface area contributed by atoms with Crippen molar-refractivity contribution in [2.24, 2.45) is 0 Å². The lowest BCUT2D eigenvalue weighted by atomic mass is 10.1. The molecule has 1 aromatic carbocycles. The minimum Gasteiger partial charge on any atom is -0.872 e. The first kappa shape index (κ1) is 16.2. The lowest BCUT2D eigenvalue weighted by Gasteiger charge is -2.12. The zero-order valence-electron chi connectivity index (χ0n) is 12.0. The number of hydrogen-bond acceptors (Lipinski definition) is 7. The molecule has 0 aliphatic carbocycles. The summed E-state index contributed by atoms with van der Waals surface area (Å²) in [6, 6.07) is 6.80. The summed E-state index contributed by atoms with van der Waals surface area (Å²) in [5.74, 6) is -0.198. The zero-order chi connectivity index (χ0) is 17.3. The molecule has 1 aromatic heterocycles. The third-order valence-electron chi connectivity index (χ3n) is 3.26. The van der Waals surface area contributed by atoms with Crippen molar-refractivity contribution in [1.82, 2.24) is 4.90 Å². The van der Waals surface area contributed by atoms with Crippen molar-refractivity contribution in [1.29, 1.82) is 0 Å². The Bertz CT molecular complexity index is 861. The number of rotatable bonds is 4. The van der Waals surface area contributed by atoms with Crippen LogP contribution in [-0.2, 0) is 11.3 Å². The molecule has 9 heteroatoms. The first-order valence-corrected chi connectivity index (χ1v) is 7.91. The highest BCUT2D eigenvalue weighted by Gasteiger charge is 2.32. The van der Waals surface area contributed by atoms with E-state index in [1.807, 2.05) is 0 Å². The zero-order valence-corrected chi connectivity index (χ0v) is 13.6. The van der Waals surface area contributed by atoms with E-state index in [-0.39, 0.29) is 28.6 Å². The van der Waals surface area contributed by atoms with E-state index in [9.17, 15) is 20.0 Å². The number of nitro groups is 1. The second-order valence-electron chi connectivity index (χ2n) is 4.83. The van der Waals surface area contributed by atoms with Crippen LogP contribution < -0.4 is 5.11 Å². The van der Waals surface area contributed by atoms with Crippen molar-refractivity contribution in [3.8, 4) is 5.75 Å². The molecular formula is C15H9N2O5S2-. The van der Waals surface area contributed by atoms with Gasteiger partial charge in [-0.1, -0.05) is 30.0 Å². The van der Waals surface area contributed by atoms with Crippen molar-refractivity contribution in [2.45, 2.75) is 6.54 Å². The summed E-state index contributed by atoms with van der Waals surface area (Å²) in [6.45, 7) is 0.189. The molecule has 2 heterocycles. The molecule has 0 saturated carbocycles. The van der Waals surface area contributed by atoms with Gasteiger partial charge in [-0.25, -0.2) is 0 Å². The maximum absolute atomic E-state index is 12.4. The van der Waals surface area contributed by atoms with E-state index in [2.05, 4.69) is 0 Å². The molecule has 0 N–H and O–H groups in total. The Morgan fingerprint density at radius 3 is 2.83 bits per heavy atom. The average Bonchev–Trinajstić information content (AvgIpc) is 3.14. The molecular weight excluding hydrogens is 352 g/mol. The maximum atomic E-state index is 12.4. The number of carbonyl (C=O) groups excluding carboxylic acids is 1. The third kappa shape index (κ3) is 3.17. The van der Waals surface area contributed by atoms with Crippen molar-refractivity contribution in [3.05, 3.63) is 62.9 Å². The number of hydrogen-bond donors (Lipinski definition) is 0. The molecule has 24 heavy (non-hydrogen) atoms. The number of thioether (sulfide) groups is 1. The number of furan rings is 1. The highest BCUT2D eigenvalue weighted by Crippen LogP contribution is 2.35. The molecule has 2 aromatic rings. The van der Waals surface area contributed by atoms with Crippen molar-refractivity contribution in [3.63, 3.8) is 0 Å². The molecule has 1 fully saturated rings. The fourth-order valence-corrected chi connectivity index (χ4v) is 3.34. The summed E-state index contributed by atoms with van der Waals surface area (Å²) < 4.78 is 5.53. The summed E-state index contributed by atoms with van der Waals surface area (Å²) in [4.78, 5) is 24.3. The van der Waals surface area contributed by atoms with Crippen LogP contribution in [0.5, 0.6) is 5.75 Å². The molecule has 0 radical (unpaired) electrons. The quantitative estimate of drug-likeness (QED) is 0.357. The Balaban J connectivity index is 1.89. The summed E-state index contributed by atoms with van der Waals surface area (Å²) >= 11 is 6.22. The summed E-state index contributed by atoms with van der Waals surface area (Å²) in [7, 11) is 0. The number of amides is 1. The molecule has 7 nitrogen and oxygen atoms in total. The molecule has 3 rings (SSSR count). The van der Waals surface area contributed by atoms with E-state index in [1.54, 1.807) is 12.1 Å². The first-order chi connectivity index (χ1) is 11.5. The van der Waals surface area contributed by atoms with Crippen molar-refractivity contribution < 1.29 is 19.2 Å². The van der Waals surface area contributed by atoms with Gasteiger partial charge in [0, 0.05) is 12.1 Å². The molecule has 1 saturated heterocycles. The van der Waals surface area contributed by atoms with Crippen LogP contribution in [0.4, 0.5) is 5.69 Å². The number of nitro benzene ring substituents is 1. The summed E-state index contributed by atoms with van der Waals surface area (Å²) in [5.41, 5.74) is -0.144. The van der Waals surface area contributed by atoms with Crippen molar-refractivity contribution >= 4 is 46.0 Å². The Kier molecular flexibility index (Phi) is 4.36. The fraction of sp³-hybridized carbons (Fsp3) is 0.0667. The van der Waals surface area contributed by atoms with Crippen molar-refractivity contribution in [2.75, 3.05) is 0 Å². The predicted octanol–water partition coefficient (Wildman–Crippen LogP) is 2.66. The molecule has 0 unspecified atom stereocenters. The molecule has 0 spiro atoms. The van der Waals surface area contributed by atoms with Gasteiger partial charge in [-0.15, -0.1) is 5.75 Å². The molecule has 0 bridgehead atoms. The van der Waals surface area contributed by atoms with Crippen LogP contribution in [0, 0.1) is 10.1 Å². The van der Waals surface area contributed by atoms with Gasteiger partial charge < -0.3 is 9.52 Å². The molecule has 1 aliphatic rings. The fourth-order valence-electron chi connectivity index (χ4n) is 2.10. The number of non-ortho nitro benzene ring substituents is 1. The lowest BCUT2D eigenvalue weighted by molar-refractivity contribution is -0.385. The van der Waals surface area contributed by atoms with Crippen LogP contribution in [-0.4, -0.2) is 20.1 Å². The Morgan fingerprint density at radius 1 is 1.38 bits per heavy atom. The predicted molar refractivity (Wildman–Crippen MR) is 90.0 cm³/mol. The van der Waals surface area contributed by atoms with Gasteiger partial charge >= 0.3 is 0 Å². The SMILES string of the molecule is O=C1/C(=C\c2cc([N+](=O)[O-])ccc2[O-])SC(=S)N1Cc1ccco1. The lowest BCUT2D eigenvalue weighted by Crippen LogP contribution is -2.27. The van der Waals surface area contributed by atoms with Gasteiger partial charge in [0.1, 0.15) is 10.1 Å². The molecule has 122 valence electrons. The van der Waals surface area contributed by atoms with E-state index in [4.69, 9.17) is 16.6 Å². The Morgan fingerprint density at radius 2 is 2.17 bits per heavy atom. The standard InChI is InChI=1S/C15H10N2O5S2/c18-12-4-3-10(17(20)21)6-9(12)7-13-14(19)16(15(23)24-13)8-11-2-1-5-22-11/h1-7,18H,8H2/p-1/b13-7+. The molecule has 0 atom stereocenters. The van der Waals surface area contributed by atoms with Crippen LogP contribution in [0.15, 0.2) is 45.9 Å². The van der Waals surface area contributed by atoms with E-state index in [1.165, 1.54) is 17.2 Å². The van der Waals surface area contributed by atoms with Gasteiger partial charge in [0.15, 0.2) is 0 Å². The van der Waals surface area contributed by atoms with Crippen LogP contribution in [0.3, 0.4) is 0 Å². The Hall–Kier alpha value is -2.65. The maximum Gasteiger partial charge on any atom is 0.269 e. The van der Waals surface area contributed by atoms with Gasteiger partial charge in [-0.3, -0.25) is 19.8 Å². The van der Waals surface area contributed by atoms with Gasteiger partial charge in [0.05, 0.1) is 22.6 Å². The monoisotopic (exact) mass is 361 g/mol. The van der Waals surface area contributed by atoms with E-state index in [0.29, 0.717) is 10.1 Å².